The minimum atomic E-state index is -1.04. The predicted molar refractivity (Wildman–Crippen MR) is 92.0 cm³/mol. The lowest BCUT2D eigenvalue weighted by Crippen LogP contribution is -2.55. The number of carbonyl (C=O) groups is 3. The van der Waals surface area contributed by atoms with Gasteiger partial charge in [0.05, 0.1) is 5.56 Å². The maximum absolute atomic E-state index is 13.9. The monoisotopic (exact) mass is 380 g/mol. The number of carboxylic acid groups (broad SMARTS) is 1. The quantitative estimate of drug-likeness (QED) is 0.873. The van der Waals surface area contributed by atoms with E-state index in [0.717, 1.165) is 12.1 Å². The minimum absolute atomic E-state index is 0.160. The molecule has 8 heteroatoms. The third-order valence-corrected chi connectivity index (χ3v) is 5.79. The van der Waals surface area contributed by atoms with Gasteiger partial charge in [0.15, 0.2) is 0 Å². The molecular weight excluding hydrogens is 358 g/mol. The van der Waals surface area contributed by atoms with Gasteiger partial charge in [-0.2, -0.15) is 0 Å². The highest BCUT2D eigenvalue weighted by Gasteiger charge is 2.44. The summed E-state index contributed by atoms with van der Waals surface area (Å²) in [5.74, 6) is -3.31. The molecule has 1 aromatic rings. The van der Waals surface area contributed by atoms with Gasteiger partial charge < -0.3 is 14.9 Å². The summed E-state index contributed by atoms with van der Waals surface area (Å²) in [5, 5.41) is 9.22. The summed E-state index contributed by atoms with van der Waals surface area (Å²) in [4.78, 5) is 38.8. The number of likely N-dealkylation sites (tertiary alicyclic amines) is 2. The zero-order valence-electron chi connectivity index (χ0n) is 15.1. The Bertz CT molecular complexity index is 775. The van der Waals surface area contributed by atoms with Crippen molar-refractivity contribution in [2.75, 3.05) is 19.6 Å². The van der Waals surface area contributed by atoms with E-state index in [-0.39, 0.29) is 23.3 Å². The molecule has 1 spiro atoms. The number of hydrogen-bond donors (Lipinski definition) is 1. The molecule has 1 N–H and O–H groups in total. The summed E-state index contributed by atoms with van der Waals surface area (Å²) in [6.07, 6.45) is 2.16. The molecule has 146 valence electrons. The lowest BCUT2D eigenvalue weighted by molar-refractivity contribution is -0.154. The van der Waals surface area contributed by atoms with Crippen molar-refractivity contribution in [3.63, 3.8) is 0 Å². The van der Waals surface area contributed by atoms with Crippen LogP contribution in [-0.4, -0.2) is 58.4 Å². The van der Waals surface area contributed by atoms with Gasteiger partial charge >= 0.3 is 5.97 Å². The molecule has 0 bridgehead atoms. The average molecular weight is 380 g/mol. The van der Waals surface area contributed by atoms with E-state index in [9.17, 15) is 28.3 Å². The number of hydrogen-bond acceptors (Lipinski definition) is 3. The van der Waals surface area contributed by atoms with Gasteiger partial charge in [0, 0.05) is 32.1 Å². The van der Waals surface area contributed by atoms with Gasteiger partial charge in [0.1, 0.15) is 17.7 Å². The highest BCUT2D eigenvalue weighted by Crippen LogP contribution is 2.41. The van der Waals surface area contributed by atoms with Gasteiger partial charge in [-0.15, -0.1) is 0 Å². The molecule has 27 heavy (non-hydrogen) atoms. The maximum Gasteiger partial charge on any atom is 0.326 e. The third kappa shape index (κ3) is 3.79. The van der Waals surface area contributed by atoms with Crippen LogP contribution < -0.4 is 0 Å². The number of aliphatic carboxylic acids is 1. The number of amides is 2. The Kier molecular flexibility index (Phi) is 5.17. The van der Waals surface area contributed by atoms with E-state index in [1.165, 1.54) is 16.7 Å². The van der Waals surface area contributed by atoms with E-state index >= 15 is 0 Å². The van der Waals surface area contributed by atoms with Crippen LogP contribution in [0.2, 0.25) is 0 Å². The molecule has 2 fully saturated rings. The van der Waals surface area contributed by atoms with E-state index < -0.39 is 29.6 Å². The first kappa shape index (κ1) is 19.3. The number of piperidine rings is 2. The van der Waals surface area contributed by atoms with Crippen molar-refractivity contribution in [1.29, 1.82) is 0 Å². The number of halogens is 2. The highest BCUT2D eigenvalue weighted by molar-refractivity contribution is 5.94. The summed E-state index contributed by atoms with van der Waals surface area (Å²) >= 11 is 0. The Morgan fingerprint density at radius 3 is 2.44 bits per heavy atom. The van der Waals surface area contributed by atoms with Crippen LogP contribution in [0.15, 0.2) is 18.2 Å². The van der Waals surface area contributed by atoms with E-state index in [4.69, 9.17) is 0 Å². The molecule has 2 aliphatic rings. The standard InChI is InChI=1S/C19H22F2N2O4/c1-12(18(26)27)23-11-19(5-4-16(23)24)6-8-22(9-7-19)17(25)14-3-2-13(20)10-15(14)21/h2-3,10,12H,4-9,11H2,1H3,(H,26,27)/t12-/m0/s1. The SMILES string of the molecule is C[C@@H](C(=O)O)N1CC2(CCC1=O)CCN(C(=O)c1ccc(F)cc1F)CC2. The second kappa shape index (κ2) is 7.25. The Hall–Kier alpha value is -2.51. The summed E-state index contributed by atoms with van der Waals surface area (Å²) < 4.78 is 26.9. The Morgan fingerprint density at radius 1 is 1.19 bits per heavy atom. The Labute approximate surface area is 155 Å². The average Bonchev–Trinajstić information content (AvgIpc) is 2.63. The van der Waals surface area contributed by atoms with E-state index in [1.807, 2.05) is 0 Å². The second-order valence-electron chi connectivity index (χ2n) is 7.45. The first-order valence-corrected chi connectivity index (χ1v) is 8.99. The molecule has 0 radical (unpaired) electrons. The van der Waals surface area contributed by atoms with Crippen LogP contribution in [-0.2, 0) is 9.59 Å². The molecule has 1 aromatic carbocycles. The highest BCUT2D eigenvalue weighted by atomic mass is 19.1. The minimum Gasteiger partial charge on any atom is -0.480 e. The van der Waals surface area contributed by atoms with Crippen molar-refractivity contribution in [2.24, 2.45) is 5.41 Å². The van der Waals surface area contributed by atoms with E-state index in [1.54, 1.807) is 0 Å². The largest absolute Gasteiger partial charge is 0.480 e. The lowest BCUT2D eigenvalue weighted by atomic mass is 9.72. The van der Waals surface area contributed by atoms with Gasteiger partial charge in [-0.05, 0) is 43.7 Å². The fourth-order valence-corrected chi connectivity index (χ4v) is 3.96. The molecule has 3 rings (SSSR count). The van der Waals surface area contributed by atoms with E-state index in [0.29, 0.717) is 45.0 Å². The molecule has 0 unspecified atom stereocenters. The van der Waals surface area contributed by atoms with Gasteiger partial charge in [-0.1, -0.05) is 0 Å². The Morgan fingerprint density at radius 2 is 1.85 bits per heavy atom. The van der Waals surface area contributed by atoms with Crippen LogP contribution in [0.5, 0.6) is 0 Å². The maximum atomic E-state index is 13.9. The van der Waals surface area contributed by atoms with Crippen molar-refractivity contribution in [3.05, 3.63) is 35.4 Å². The van der Waals surface area contributed by atoms with Crippen molar-refractivity contribution in [1.82, 2.24) is 9.80 Å². The van der Waals surface area contributed by atoms with Crippen molar-refractivity contribution < 1.29 is 28.3 Å². The molecule has 2 heterocycles. The molecule has 2 aliphatic heterocycles. The van der Waals surface area contributed by atoms with Crippen LogP contribution in [0, 0.1) is 17.0 Å². The molecule has 2 saturated heterocycles. The van der Waals surface area contributed by atoms with Crippen LogP contribution in [0.25, 0.3) is 0 Å². The normalized spacial score (nSPS) is 20.6. The lowest BCUT2D eigenvalue weighted by Gasteiger charge is -2.48. The summed E-state index contributed by atoms with van der Waals surface area (Å²) in [6, 6.07) is 2.01. The van der Waals surface area contributed by atoms with Gasteiger partial charge in [-0.25, -0.2) is 13.6 Å². The van der Waals surface area contributed by atoms with Crippen LogP contribution >= 0.6 is 0 Å². The van der Waals surface area contributed by atoms with Crippen molar-refractivity contribution >= 4 is 17.8 Å². The molecule has 0 aliphatic carbocycles. The van der Waals surface area contributed by atoms with Crippen LogP contribution in [0.4, 0.5) is 8.78 Å². The van der Waals surface area contributed by atoms with Crippen LogP contribution in [0.1, 0.15) is 43.0 Å². The topological polar surface area (TPSA) is 77.9 Å². The number of nitrogens with zero attached hydrogens (tertiary/aromatic N) is 2. The number of benzene rings is 1. The third-order valence-electron chi connectivity index (χ3n) is 5.79. The predicted octanol–water partition coefficient (Wildman–Crippen LogP) is 2.28. The second-order valence-corrected chi connectivity index (χ2v) is 7.45. The molecule has 0 saturated carbocycles. The molecular formula is C19H22F2N2O4. The summed E-state index contributed by atoms with van der Waals surface area (Å²) in [5.41, 5.74) is -0.386. The van der Waals surface area contributed by atoms with Gasteiger partial charge in [0.25, 0.3) is 5.91 Å². The fraction of sp³-hybridized carbons (Fsp3) is 0.526. The number of carboxylic acids is 1. The molecule has 0 aromatic heterocycles. The smallest absolute Gasteiger partial charge is 0.326 e. The van der Waals surface area contributed by atoms with Crippen molar-refractivity contribution in [2.45, 2.75) is 38.6 Å². The fourth-order valence-electron chi connectivity index (χ4n) is 3.96. The molecule has 1 atom stereocenters. The van der Waals surface area contributed by atoms with Crippen LogP contribution in [0.3, 0.4) is 0 Å². The zero-order chi connectivity index (χ0) is 19.8. The molecule has 2 amide bonds. The van der Waals surface area contributed by atoms with E-state index in [2.05, 4.69) is 0 Å². The first-order chi connectivity index (χ1) is 12.7. The van der Waals surface area contributed by atoms with Gasteiger partial charge in [-0.3, -0.25) is 9.59 Å². The van der Waals surface area contributed by atoms with Crippen molar-refractivity contribution in [3.8, 4) is 0 Å². The summed E-state index contributed by atoms with van der Waals surface area (Å²) in [7, 11) is 0. The first-order valence-electron chi connectivity index (χ1n) is 8.99. The van der Waals surface area contributed by atoms with Gasteiger partial charge in [0.2, 0.25) is 5.91 Å². The number of carbonyl (C=O) groups excluding carboxylic acids is 2. The molecule has 6 nitrogen and oxygen atoms in total. The zero-order valence-corrected chi connectivity index (χ0v) is 15.1. The number of rotatable bonds is 3. The summed E-state index contributed by atoms with van der Waals surface area (Å²) in [6.45, 7) is 2.62. The Balaban J connectivity index is 1.68.